The van der Waals surface area contributed by atoms with Gasteiger partial charge in [0, 0.05) is 38.8 Å². The molecule has 0 radical (unpaired) electrons. The molecule has 0 aliphatic heterocycles. The first kappa shape index (κ1) is 41.0. The van der Waals surface area contributed by atoms with Crippen LogP contribution in [0.4, 0.5) is 22.0 Å². The van der Waals surface area contributed by atoms with Crippen molar-refractivity contribution in [2.45, 2.75) is 96.5 Å². The maximum Gasteiger partial charge on any atom is 0.411 e. The number of allylic oxidation sites excluding steroid dienone is 3. The first-order chi connectivity index (χ1) is 20.8. The van der Waals surface area contributed by atoms with Gasteiger partial charge in [-0.25, -0.2) is 8.78 Å². The highest BCUT2D eigenvalue weighted by Crippen LogP contribution is 2.36. The second-order valence-electron chi connectivity index (χ2n) is 10.7. The van der Waals surface area contributed by atoms with Gasteiger partial charge in [0.1, 0.15) is 0 Å². The molecule has 3 rings (SSSR count). The number of aromatic nitrogens is 1. The maximum absolute atomic E-state index is 14.5. The fraction of sp³-hybridized carbons (Fsp3) is 0.441. The van der Waals surface area contributed by atoms with Gasteiger partial charge in [-0.15, -0.1) is 0 Å². The van der Waals surface area contributed by atoms with Crippen molar-refractivity contribution in [2.24, 2.45) is 4.99 Å². The SMILES string of the molecule is C/C=C(\N=C(C)CCC)C(Cl)(Cl)Cl.C=C(C)C(F)(F)F.CCCCc1c([C@@H](C)c2ccc(C)c(F)c2F)[nH]c2ccc(Cl)cc12. The highest BCUT2D eigenvalue weighted by Gasteiger charge is 2.28. The molecular weight excluding hydrogens is 673 g/mol. The number of hydrogen-bond donors (Lipinski definition) is 1. The van der Waals surface area contributed by atoms with Crippen LogP contribution in [0.2, 0.25) is 5.02 Å². The number of nitrogens with zero attached hydrogens (tertiary/aromatic N) is 1. The van der Waals surface area contributed by atoms with E-state index in [-0.39, 0.29) is 5.92 Å². The Kier molecular flexibility index (Phi) is 16.7. The third-order valence-corrected chi connectivity index (χ3v) is 7.67. The summed E-state index contributed by atoms with van der Waals surface area (Å²) in [6.07, 6.45) is 2.47. The Balaban J connectivity index is 0.000000424. The van der Waals surface area contributed by atoms with E-state index in [4.69, 9.17) is 46.4 Å². The minimum absolute atomic E-state index is 0.270. The van der Waals surface area contributed by atoms with Crippen LogP contribution >= 0.6 is 46.4 Å². The normalized spacial score (nSPS) is 13.2. The summed E-state index contributed by atoms with van der Waals surface area (Å²) >= 11 is 23.3. The van der Waals surface area contributed by atoms with Crippen molar-refractivity contribution in [3.8, 4) is 0 Å². The summed E-state index contributed by atoms with van der Waals surface area (Å²) in [5, 5.41) is 1.74. The number of benzene rings is 2. The molecule has 1 aromatic heterocycles. The van der Waals surface area contributed by atoms with Gasteiger partial charge in [0.05, 0.1) is 5.70 Å². The van der Waals surface area contributed by atoms with Crippen LogP contribution in [0.3, 0.4) is 0 Å². The molecule has 11 heteroatoms. The Morgan fingerprint density at radius 3 is 2.11 bits per heavy atom. The molecule has 0 bridgehead atoms. The third-order valence-electron chi connectivity index (χ3n) is 6.86. The highest BCUT2D eigenvalue weighted by molar-refractivity contribution is 6.69. The molecule has 0 fully saturated rings. The molecule has 2 nitrogen and oxygen atoms in total. The zero-order valence-electron chi connectivity index (χ0n) is 26.6. The van der Waals surface area contributed by atoms with Crippen molar-refractivity contribution >= 4 is 63.0 Å². The topological polar surface area (TPSA) is 28.1 Å². The van der Waals surface area contributed by atoms with E-state index in [2.05, 4.69) is 30.4 Å². The largest absolute Gasteiger partial charge is 0.411 e. The van der Waals surface area contributed by atoms with Crippen molar-refractivity contribution in [3.63, 3.8) is 0 Å². The van der Waals surface area contributed by atoms with Gasteiger partial charge in [0.25, 0.3) is 0 Å². The average Bonchev–Trinajstić information content (AvgIpc) is 3.30. The van der Waals surface area contributed by atoms with E-state index in [0.717, 1.165) is 66.9 Å². The number of halogens is 9. The van der Waals surface area contributed by atoms with Gasteiger partial charge < -0.3 is 4.98 Å². The molecule has 2 aromatic carbocycles. The Morgan fingerprint density at radius 1 is 1.02 bits per heavy atom. The number of aromatic amines is 1. The van der Waals surface area contributed by atoms with E-state index >= 15 is 0 Å². The summed E-state index contributed by atoms with van der Waals surface area (Å²) < 4.78 is 60.3. The number of rotatable bonds is 8. The summed E-state index contributed by atoms with van der Waals surface area (Å²) in [7, 11) is 0. The van der Waals surface area contributed by atoms with Crippen molar-refractivity contribution in [1.29, 1.82) is 0 Å². The van der Waals surface area contributed by atoms with Crippen LogP contribution in [0.1, 0.15) is 95.5 Å². The molecule has 1 N–H and O–H groups in total. The lowest BCUT2D eigenvalue weighted by Gasteiger charge is -2.15. The van der Waals surface area contributed by atoms with Crippen molar-refractivity contribution in [1.82, 2.24) is 4.98 Å². The zero-order valence-corrected chi connectivity index (χ0v) is 29.7. The lowest BCUT2D eigenvalue weighted by Crippen LogP contribution is -2.06. The molecule has 1 atom stereocenters. The van der Waals surface area contributed by atoms with Crippen LogP contribution in [0.5, 0.6) is 0 Å². The summed E-state index contributed by atoms with van der Waals surface area (Å²) in [5.41, 5.74) is 4.48. The Hall–Kier alpha value is -2.06. The average molecular weight is 715 g/mol. The minimum atomic E-state index is -4.19. The Bertz CT molecular complexity index is 1480. The van der Waals surface area contributed by atoms with Gasteiger partial charge in [-0.05, 0) is 81.8 Å². The number of aryl methyl sites for hydroxylation is 2. The molecule has 0 amide bonds. The fourth-order valence-corrected chi connectivity index (χ4v) is 4.93. The van der Waals surface area contributed by atoms with Gasteiger partial charge in [-0.3, -0.25) is 4.99 Å². The number of fused-ring (bicyclic) bond motifs is 1. The van der Waals surface area contributed by atoms with Gasteiger partial charge in [-0.2, -0.15) is 13.2 Å². The Morgan fingerprint density at radius 2 is 1.62 bits per heavy atom. The standard InChI is InChI=1S/C21H22ClF2N.C9H14Cl3N.C4H5F3/c1-4-5-6-16-17-11-14(22)8-10-18(17)25-21(16)13(3)15-9-7-12(2)19(23)20(15)24;1-4-6-7(3)13-8(5-2)9(10,11)12;1-3(2)4(5,6)7/h7-11,13,25H,4-6H2,1-3H3;5H,4,6H2,1-3H3;1H2,2H3/b;8-5-,13-7?;/t13-;;/m0../s1. The molecule has 0 saturated carbocycles. The van der Waals surface area contributed by atoms with Crippen LogP contribution in [0, 0.1) is 18.6 Å². The molecule has 250 valence electrons. The van der Waals surface area contributed by atoms with E-state index in [0.29, 0.717) is 21.8 Å². The third kappa shape index (κ3) is 12.6. The van der Waals surface area contributed by atoms with E-state index in [1.54, 1.807) is 32.1 Å². The maximum atomic E-state index is 14.5. The minimum Gasteiger partial charge on any atom is -0.358 e. The molecule has 0 spiro atoms. The molecule has 45 heavy (non-hydrogen) atoms. The van der Waals surface area contributed by atoms with Crippen molar-refractivity contribution in [3.05, 3.63) is 93.3 Å². The molecule has 1 heterocycles. The number of hydrogen-bond acceptors (Lipinski definition) is 1. The van der Waals surface area contributed by atoms with E-state index in [9.17, 15) is 22.0 Å². The second-order valence-corrected chi connectivity index (χ2v) is 13.4. The van der Waals surface area contributed by atoms with Crippen LogP contribution in [-0.2, 0) is 6.42 Å². The summed E-state index contributed by atoms with van der Waals surface area (Å²) in [4.78, 5) is 7.65. The smallest absolute Gasteiger partial charge is 0.358 e. The number of alkyl halides is 6. The van der Waals surface area contributed by atoms with Crippen molar-refractivity contribution < 1.29 is 22.0 Å². The first-order valence-electron chi connectivity index (χ1n) is 14.5. The predicted octanol–water partition coefficient (Wildman–Crippen LogP) is 13.5. The number of nitrogens with one attached hydrogen (secondary N) is 1. The monoisotopic (exact) mass is 712 g/mol. The predicted molar refractivity (Wildman–Crippen MR) is 183 cm³/mol. The number of unbranched alkanes of at least 4 members (excludes halogenated alkanes) is 1. The van der Waals surface area contributed by atoms with Crippen molar-refractivity contribution in [2.75, 3.05) is 0 Å². The molecule has 0 saturated heterocycles. The van der Waals surface area contributed by atoms with Gasteiger partial charge in [-0.1, -0.05) is 105 Å². The summed E-state index contributed by atoms with van der Waals surface area (Å²) in [5.74, 6) is -1.79. The highest BCUT2D eigenvalue weighted by atomic mass is 35.6. The Labute approximate surface area is 283 Å². The summed E-state index contributed by atoms with van der Waals surface area (Å²) in [6, 6.07) is 9.04. The summed E-state index contributed by atoms with van der Waals surface area (Å²) in [6.45, 7) is 15.1. The van der Waals surface area contributed by atoms with E-state index < -0.39 is 27.2 Å². The molecule has 3 aromatic rings. The molecule has 0 aliphatic rings. The second kappa shape index (κ2) is 18.3. The molecular formula is C34H41Cl4F5N2. The van der Waals surface area contributed by atoms with Crippen LogP contribution in [-0.4, -0.2) is 20.7 Å². The quantitative estimate of drug-likeness (QED) is 0.104. The number of H-pyrrole nitrogens is 1. The lowest BCUT2D eigenvalue weighted by atomic mass is 9.91. The molecule has 0 unspecified atom stereocenters. The van der Waals surface area contributed by atoms with Crippen LogP contribution < -0.4 is 0 Å². The lowest BCUT2D eigenvalue weighted by molar-refractivity contribution is -0.0909. The van der Waals surface area contributed by atoms with Crippen LogP contribution in [0.15, 0.2) is 59.2 Å². The number of aliphatic imine (C=N–C) groups is 1. The fourth-order valence-electron chi connectivity index (χ4n) is 4.30. The molecule has 0 aliphatic carbocycles. The van der Waals surface area contributed by atoms with E-state index in [1.165, 1.54) is 0 Å². The van der Waals surface area contributed by atoms with Gasteiger partial charge in [0.2, 0.25) is 3.79 Å². The van der Waals surface area contributed by atoms with Crippen LogP contribution in [0.25, 0.3) is 10.9 Å². The first-order valence-corrected chi connectivity index (χ1v) is 16.1. The van der Waals surface area contributed by atoms with Gasteiger partial charge >= 0.3 is 6.18 Å². The van der Waals surface area contributed by atoms with E-state index in [1.807, 2.05) is 32.0 Å². The van der Waals surface area contributed by atoms with Gasteiger partial charge in [0.15, 0.2) is 11.6 Å². The zero-order chi connectivity index (χ0) is 34.7.